The van der Waals surface area contributed by atoms with E-state index in [-0.39, 0.29) is 0 Å². The van der Waals surface area contributed by atoms with Crippen LogP contribution in [0.4, 0.5) is 5.69 Å². The highest BCUT2D eigenvalue weighted by molar-refractivity contribution is 7.92. The molecular formula is C19H22N4O2S2. The quantitative estimate of drug-likeness (QED) is 0.725. The normalized spacial score (nSPS) is 16.7. The zero-order valence-electron chi connectivity index (χ0n) is 15.3. The molecule has 3 aromatic rings. The van der Waals surface area contributed by atoms with Crippen molar-refractivity contribution in [2.75, 3.05) is 24.1 Å². The van der Waals surface area contributed by atoms with E-state index >= 15 is 0 Å². The number of rotatable bonds is 4. The van der Waals surface area contributed by atoms with Crippen LogP contribution < -0.4 is 4.72 Å². The lowest BCUT2D eigenvalue weighted by atomic mass is 10.1. The predicted octanol–water partition coefficient (Wildman–Crippen LogP) is 3.22. The maximum atomic E-state index is 11.5. The zero-order chi connectivity index (χ0) is 19.0. The third-order valence-corrected chi connectivity index (χ3v) is 6.47. The average Bonchev–Trinajstić information content (AvgIpc) is 2.98. The maximum Gasteiger partial charge on any atom is 0.229 e. The van der Waals surface area contributed by atoms with E-state index in [0.717, 1.165) is 49.0 Å². The molecular weight excluding hydrogens is 380 g/mol. The number of aromatic nitrogens is 2. The van der Waals surface area contributed by atoms with Crippen LogP contribution >= 0.6 is 11.3 Å². The van der Waals surface area contributed by atoms with Gasteiger partial charge in [-0.3, -0.25) is 14.6 Å². The number of nitrogens with one attached hydrogen (secondary N) is 1. The Bertz CT molecular complexity index is 1080. The van der Waals surface area contributed by atoms with Crippen LogP contribution in [-0.4, -0.2) is 42.6 Å². The molecule has 0 saturated heterocycles. The Hall–Kier alpha value is -2.03. The van der Waals surface area contributed by atoms with Gasteiger partial charge in [-0.05, 0) is 42.7 Å². The Kier molecular flexibility index (Phi) is 4.88. The lowest BCUT2D eigenvalue weighted by Crippen LogP contribution is -2.29. The molecule has 0 unspecified atom stereocenters. The largest absolute Gasteiger partial charge is 0.296 e. The van der Waals surface area contributed by atoms with Crippen LogP contribution in [0.15, 0.2) is 36.0 Å². The Morgan fingerprint density at radius 3 is 2.81 bits per heavy atom. The van der Waals surface area contributed by atoms with Crippen molar-refractivity contribution >= 4 is 37.3 Å². The minimum Gasteiger partial charge on any atom is -0.296 e. The molecule has 27 heavy (non-hydrogen) atoms. The number of hydrogen-bond acceptors (Lipinski definition) is 6. The summed E-state index contributed by atoms with van der Waals surface area (Å²) in [5.74, 6) is 0. The molecule has 0 aliphatic carbocycles. The van der Waals surface area contributed by atoms with Gasteiger partial charge < -0.3 is 0 Å². The van der Waals surface area contributed by atoms with Crippen LogP contribution in [-0.2, 0) is 22.9 Å². The number of thiazole rings is 1. The molecule has 0 radical (unpaired) electrons. The number of sulfonamides is 1. The lowest BCUT2D eigenvalue weighted by Gasteiger charge is -2.27. The van der Waals surface area contributed by atoms with Gasteiger partial charge in [0, 0.05) is 31.2 Å². The lowest BCUT2D eigenvalue weighted by molar-refractivity contribution is 0.221. The number of benzene rings is 1. The Labute approximate surface area is 163 Å². The second-order valence-electron chi connectivity index (χ2n) is 7.00. The standard InChI is InChI=1S/C19H22N4O2S2/c1-13(14-3-4-19-18(10-14)21-12-26-19)23-7-5-15-9-16(22-27(2,24)25)11-20-17(15)6-8-23/h3-4,9-13,22H,5-8H2,1-2H3/t13-/m0/s1. The molecule has 0 amide bonds. The van der Waals surface area contributed by atoms with Crippen molar-refractivity contribution in [2.24, 2.45) is 0 Å². The first-order chi connectivity index (χ1) is 12.9. The van der Waals surface area contributed by atoms with Gasteiger partial charge in [-0.25, -0.2) is 13.4 Å². The summed E-state index contributed by atoms with van der Waals surface area (Å²) in [5.41, 5.74) is 6.92. The Morgan fingerprint density at radius 1 is 1.19 bits per heavy atom. The molecule has 1 N–H and O–H groups in total. The monoisotopic (exact) mass is 402 g/mol. The number of hydrogen-bond donors (Lipinski definition) is 1. The molecule has 1 aromatic carbocycles. The van der Waals surface area contributed by atoms with Gasteiger partial charge in [0.25, 0.3) is 0 Å². The molecule has 1 aliphatic rings. The topological polar surface area (TPSA) is 75.2 Å². The summed E-state index contributed by atoms with van der Waals surface area (Å²) >= 11 is 1.66. The van der Waals surface area contributed by atoms with Gasteiger partial charge in [0.05, 0.1) is 33.9 Å². The molecule has 3 heterocycles. The van der Waals surface area contributed by atoms with Crippen LogP contribution in [0.5, 0.6) is 0 Å². The van der Waals surface area contributed by atoms with Gasteiger partial charge in [0.15, 0.2) is 0 Å². The molecule has 0 bridgehead atoms. The summed E-state index contributed by atoms with van der Waals surface area (Å²) in [7, 11) is -3.29. The molecule has 2 aromatic heterocycles. The predicted molar refractivity (Wildman–Crippen MR) is 110 cm³/mol. The van der Waals surface area contributed by atoms with Crippen LogP contribution in [0.2, 0.25) is 0 Å². The fourth-order valence-corrected chi connectivity index (χ4v) is 4.81. The summed E-state index contributed by atoms with van der Waals surface area (Å²) in [6.07, 6.45) is 4.47. The average molecular weight is 403 g/mol. The zero-order valence-corrected chi connectivity index (χ0v) is 17.0. The van der Waals surface area contributed by atoms with Crippen molar-refractivity contribution in [1.82, 2.24) is 14.9 Å². The molecule has 0 spiro atoms. The maximum absolute atomic E-state index is 11.5. The summed E-state index contributed by atoms with van der Waals surface area (Å²) in [5, 5.41) is 0. The van der Waals surface area contributed by atoms with Crippen molar-refractivity contribution in [2.45, 2.75) is 25.8 Å². The van der Waals surface area contributed by atoms with Gasteiger partial charge in [-0.15, -0.1) is 11.3 Å². The van der Waals surface area contributed by atoms with Gasteiger partial charge >= 0.3 is 0 Å². The fraction of sp³-hybridized carbons (Fsp3) is 0.368. The molecule has 0 fully saturated rings. The number of pyridine rings is 1. The summed E-state index contributed by atoms with van der Waals surface area (Å²) in [4.78, 5) is 11.4. The van der Waals surface area contributed by atoms with E-state index in [2.05, 4.69) is 44.7 Å². The van der Waals surface area contributed by atoms with E-state index in [4.69, 9.17) is 0 Å². The fourth-order valence-electron chi connectivity index (χ4n) is 3.61. The molecule has 8 heteroatoms. The smallest absolute Gasteiger partial charge is 0.229 e. The van der Waals surface area contributed by atoms with Crippen LogP contribution in [0.1, 0.15) is 29.8 Å². The molecule has 6 nitrogen and oxygen atoms in total. The Balaban J connectivity index is 1.52. The first-order valence-electron chi connectivity index (χ1n) is 8.92. The van der Waals surface area contributed by atoms with Gasteiger partial charge in [0.1, 0.15) is 0 Å². The number of anilines is 1. The molecule has 0 saturated carbocycles. The minimum atomic E-state index is -3.29. The summed E-state index contributed by atoms with van der Waals surface area (Å²) in [6.45, 7) is 4.07. The van der Waals surface area contributed by atoms with Crippen LogP contribution in [0, 0.1) is 0 Å². The number of fused-ring (bicyclic) bond motifs is 2. The number of nitrogens with zero attached hydrogens (tertiary/aromatic N) is 3. The third kappa shape index (κ3) is 4.12. The first-order valence-corrected chi connectivity index (χ1v) is 11.7. The van der Waals surface area contributed by atoms with Crippen molar-refractivity contribution in [3.63, 3.8) is 0 Å². The molecule has 4 rings (SSSR count). The van der Waals surface area contributed by atoms with E-state index < -0.39 is 10.0 Å². The van der Waals surface area contributed by atoms with E-state index in [1.54, 1.807) is 17.5 Å². The molecule has 142 valence electrons. The van der Waals surface area contributed by atoms with Crippen molar-refractivity contribution < 1.29 is 8.42 Å². The first kappa shape index (κ1) is 18.3. The van der Waals surface area contributed by atoms with Gasteiger partial charge in [-0.1, -0.05) is 6.07 Å². The second-order valence-corrected chi connectivity index (χ2v) is 9.63. The van der Waals surface area contributed by atoms with Gasteiger partial charge in [0.2, 0.25) is 10.0 Å². The molecule has 1 aliphatic heterocycles. The summed E-state index contributed by atoms with van der Waals surface area (Å²) < 4.78 is 26.6. The highest BCUT2D eigenvalue weighted by Crippen LogP contribution is 2.28. The van der Waals surface area contributed by atoms with Crippen molar-refractivity contribution in [3.8, 4) is 0 Å². The van der Waals surface area contributed by atoms with E-state index in [1.165, 1.54) is 10.3 Å². The minimum absolute atomic E-state index is 0.291. The van der Waals surface area contributed by atoms with E-state index in [9.17, 15) is 8.42 Å². The van der Waals surface area contributed by atoms with Crippen LogP contribution in [0.25, 0.3) is 10.2 Å². The third-order valence-electron chi connectivity index (χ3n) is 5.05. The van der Waals surface area contributed by atoms with Crippen molar-refractivity contribution in [1.29, 1.82) is 0 Å². The Morgan fingerprint density at radius 2 is 2.00 bits per heavy atom. The van der Waals surface area contributed by atoms with Gasteiger partial charge in [-0.2, -0.15) is 0 Å². The second kappa shape index (κ2) is 7.18. The van der Waals surface area contributed by atoms with E-state index in [1.807, 2.05) is 11.6 Å². The van der Waals surface area contributed by atoms with Crippen LogP contribution in [0.3, 0.4) is 0 Å². The molecule has 1 atom stereocenters. The SMILES string of the molecule is C[C@@H](c1ccc2scnc2c1)N1CCc2cc(NS(C)(=O)=O)cnc2CC1. The van der Waals surface area contributed by atoms with E-state index in [0.29, 0.717) is 11.7 Å². The highest BCUT2D eigenvalue weighted by Gasteiger charge is 2.21. The highest BCUT2D eigenvalue weighted by atomic mass is 32.2. The summed E-state index contributed by atoms with van der Waals surface area (Å²) in [6, 6.07) is 8.73. The van der Waals surface area contributed by atoms with Crippen molar-refractivity contribution in [3.05, 3.63) is 52.8 Å².